The first-order valence-electron chi connectivity index (χ1n) is 8.22. The second kappa shape index (κ2) is 6.20. The molecule has 0 saturated carbocycles. The second-order valence-corrected chi connectivity index (χ2v) is 8.78. The van der Waals surface area contributed by atoms with Gasteiger partial charge in [-0.05, 0) is 54.9 Å². The standard InChI is InChI=1S/C17H25NO3S/c1-13(2)11-14-5-8-18(9-6-14)22(19,20)16-3-4-17-15(12-16)7-10-21-17/h3-4,12-14H,5-11H2,1-2H3. The number of hydrogen-bond acceptors (Lipinski definition) is 3. The lowest BCUT2D eigenvalue weighted by Crippen LogP contribution is -2.38. The molecular weight excluding hydrogens is 298 g/mol. The number of sulfonamides is 1. The third-order valence-electron chi connectivity index (χ3n) is 4.68. The Morgan fingerprint density at radius 1 is 1.27 bits per heavy atom. The first kappa shape index (κ1) is 15.8. The van der Waals surface area contributed by atoms with Gasteiger partial charge in [0, 0.05) is 19.5 Å². The van der Waals surface area contributed by atoms with Crippen molar-refractivity contribution in [1.29, 1.82) is 0 Å². The van der Waals surface area contributed by atoms with Crippen LogP contribution in [0.25, 0.3) is 0 Å². The lowest BCUT2D eigenvalue weighted by molar-refractivity contribution is 0.246. The van der Waals surface area contributed by atoms with Crippen LogP contribution in [0, 0.1) is 11.8 Å². The molecule has 0 amide bonds. The van der Waals surface area contributed by atoms with Gasteiger partial charge in [-0.3, -0.25) is 0 Å². The zero-order valence-electron chi connectivity index (χ0n) is 13.4. The van der Waals surface area contributed by atoms with Gasteiger partial charge in [-0.1, -0.05) is 13.8 Å². The van der Waals surface area contributed by atoms with E-state index in [0.717, 1.165) is 30.6 Å². The van der Waals surface area contributed by atoms with Crippen molar-refractivity contribution in [3.05, 3.63) is 23.8 Å². The Labute approximate surface area is 133 Å². The zero-order valence-corrected chi connectivity index (χ0v) is 14.2. The number of benzene rings is 1. The highest BCUT2D eigenvalue weighted by atomic mass is 32.2. The summed E-state index contributed by atoms with van der Waals surface area (Å²) in [5.74, 6) is 2.18. The van der Waals surface area contributed by atoms with E-state index in [1.807, 2.05) is 0 Å². The maximum Gasteiger partial charge on any atom is 0.243 e. The fraction of sp³-hybridized carbons (Fsp3) is 0.647. The smallest absolute Gasteiger partial charge is 0.243 e. The number of rotatable bonds is 4. The van der Waals surface area contributed by atoms with Crippen LogP contribution in [-0.4, -0.2) is 32.4 Å². The van der Waals surface area contributed by atoms with Gasteiger partial charge in [0.1, 0.15) is 5.75 Å². The van der Waals surface area contributed by atoms with Crippen LogP contribution in [0.1, 0.15) is 38.7 Å². The van der Waals surface area contributed by atoms with Crippen molar-refractivity contribution in [3.8, 4) is 5.75 Å². The first-order chi connectivity index (χ1) is 10.5. The molecule has 2 aliphatic heterocycles. The van der Waals surface area contributed by atoms with E-state index in [9.17, 15) is 8.42 Å². The summed E-state index contributed by atoms with van der Waals surface area (Å²) >= 11 is 0. The van der Waals surface area contributed by atoms with E-state index < -0.39 is 10.0 Å². The molecule has 0 aliphatic carbocycles. The van der Waals surface area contributed by atoms with Crippen LogP contribution in [0.5, 0.6) is 5.75 Å². The molecule has 4 nitrogen and oxygen atoms in total. The Hall–Kier alpha value is -1.07. The van der Waals surface area contributed by atoms with Crippen LogP contribution in [0.3, 0.4) is 0 Å². The van der Waals surface area contributed by atoms with Gasteiger partial charge in [0.15, 0.2) is 0 Å². The van der Waals surface area contributed by atoms with E-state index in [4.69, 9.17) is 4.74 Å². The Kier molecular flexibility index (Phi) is 4.46. The van der Waals surface area contributed by atoms with Gasteiger partial charge >= 0.3 is 0 Å². The summed E-state index contributed by atoms with van der Waals surface area (Å²) in [6.45, 7) is 6.41. The average molecular weight is 323 g/mol. The molecule has 2 aliphatic rings. The SMILES string of the molecule is CC(C)CC1CCN(S(=O)(=O)c2ccc3c(c2)CCO3)CC1. The van der Waals surface area contributed by atoms with Crippen LogP contribution in [0.15, 0.2) is 23.1 Å². The molecule has 1 saturated heterocycles. The summed E-state index contributed by atoms with van der Waals surface area (Å²) < 4.78 is 32.7. The molecule has 0 bridgehead atoms. The minimum atomic E-state index is -3.36. The molecule has 1 aromatic rings. The molecule has 22 heavy (non-hydrogen) atoms. The van der Waals surface area contributed by atoms with Crippen molar-refractivity contribution in [3.63, 3.8) is 0 Å². The van der Waals surface area contributed by atoms with Gasteiger partial charge in [0.2, 0.25) is 10.0 Å². The summed E-state index contributed by atoms with van der Waals surface area (Å²) in [7, 11) is -3.36. The molecule has 3 rings (SSSR count). The van der Waals surface area contributed by atoms with Gasteiger partial charge in [0.25, 0.3) is 0 Å². The van der Waals surface area contributed by atoms with Gasteiger partial charge in [0.05, 0.1) is 11.5 Å². The number of fused-ring (bicyclic) bond motifs is 1. The molecule has 1 aromatic carbocycles. The maximum absolute atomic E-state index is 12.8. The Balaban J connectivity index is 1.71. The number of nitrogens with zero attached hydrogens (tertiary/aromatic N) is 1. The van der Waals surface area contributed by atoms with Crippen molar-refractivity contribution in [2.45, 2.75) is 44.4 Å². The summed E-state index contributed by atoms with van der Waals surface area (Å²) in [5, 5.41) is 0. The Morgan fingerprint density at radius 2 is 2.00 bits per heavy atom. The van der Waals surface area contributed by atoms with Gasteiger partial charge in [-0.25, -0.2) is 8.42 Å². The minimum absolute atomic E-state index is 0.416. The summed E-state index contributed by atoms with van der Waals surface area (Å²) in [6, 6.07) is 5.26. The third kappa shape index (κ3) is 3.15. The number of piperidine rings is 1. The summed E-state index contributed by atoms with van der Waals surface area (Å²) in [6.07, 6.45) is 3.95. The van der Waals surface area contributed by atoms with Crippen LogP contribution >= 0.6 is 0 Å². The van der Waals surface area contributed by atoms with E-state index in [2.05, 4.69) is 13.8 Å². The van der Waals surface area contributed by atoms with Crippen LogP contribution in [-0.2, 0) is 16.4 Å². The molecule has 122 valence electrons. The summed E-state index contributed by atoms with van der Waals surface area (Å²) in [4.78, 5) is 0.416. The predicted octanol–water partition coefficient (Wildman–Crippen LogP) is 3.07. The molecule has 1 fully saturated rings. The lowest BCUT2D eigenvalue weighted by Gasteiger charge is -2.32. The average Bonchev–Trinajstić information content (AvgIpc) is 2.94. The highest BCUT2D eigenvalue weighted by Crippen LogP contribution is 2.31. The highest BCUT2D eigenvalue weighted by molar-refractivity contribution is 7.89. The van der Waals surface area contributed by atoms with Crippen molar-refractivity contribution >= 4 is 10.0 Å². The molecule has 2 heterocycles. The topological polar surface area (TPSA) is 46.6 Å². The van der Waals surface area contributed by atoms with Crippen LogP contribution in [0.2, 0.25) is 0 Å². The fourth-order valence-electron chi connectivity index (χ4n) is 3.52. The molecule has 0 atom stereocenters. The van der Waals surface area contributed by atoms with E-state index >= 15 is 0 Å². The van der Waals surface area contributed by atoms with Crippen LogP contribution < -0.4 is 4.74 Å². The maximum atomic E-state index is 12.8. The van der Waals surface area contributed by atoms with E-state index in [0.29, 0.717) is 36.4 Å². The number of hydrogen-bond donors (Lipinski definition) is 0. The zero-order chi connectivity index (χ0) is 15.7. The fourth-order valence-corrected chi connectivity index (χ4v) is 5.05. The van der Waals surface area contributed by atoms with Gasteiger partial charge in [-0.15, -0.1) is 0 Å². The molecule has 0 radical (unpaired) electrons. The monoisotopic (exact) mass is 323 g/mol. The first-order valence-corrected chi connectivity index (χ1v) is 9.66. The van der Waals surface area contributed by atoms with E-state index in [1.54, 1.807) is 22.5 Å². The molecule has 0 spiro atoms. The van der Waals surface area contributed by atoms with Crippen molar-refractivity contribution in [1.82, 2.24) is 4.31 Å². The van der Waals surface area contributed by atoms with Crippen molar-refractivity contribution < 1.29 is 13.2 Å². The predicted molar refractivity (Wildman–Crippen MR) is 86.6 cm³/mol. The normalized spacial score (nSPS) is 20.1. The quantitative estimate of drug-likeness (QED) is 0.855. The molecule has 5 heteroatoms. The van der Waals surface area contributed by atoms with Gasteiger partial charge in [-0.2, -0.15) is 4.31 Å². The Bertz CT molecular complexity index is 631. The number of ether oxygens (including phenoxy) is 1. The lowest BCUT2D eigenvalue weighted by atomic mass is 9.89. The molecule has 0 unspecified atom stereocenters. The largest absolute Gasteiger partial charge is 0.493 e. The third-order valence-corrected chi connectivity index (χ3v) is 6.57. The molecule has 0 N–H and O–H groups in total. The minimum Gasteiger partial charge on any atom is -0.493 e. The molecular formula is C17H25NO3S. The van der Waals surface area contributed by atoms with Crippen molar-refractivity contribution in [2.75, 3.05) is 19.7 Å². The summed E-state index contributed by atoms with van der Waals surface area (Å²) in [5.41, 5.74) is 1.01. The van der Waals surface area contributed by atoms with E-state index in [1.165, 1.54) is 6.42 Å². The molecule has 0 aromatic heterocycles. The van der Waals surface area contributed by atoms with Crippen LogP contribution in [0.4, 0.5) is 0 Å². The Morgan fingerprint density at radius 3 is 2.68 bits per heavy atom. The van der Waals surface area contributed by atoms with E-state index in [-0.39, 0.29) is 0 Å². The second-order valence-electron chi connectivity index (χ2n) is 6.85. The van der Waals surface area contributed by atoms with Crippen molar-refractivity contribution in [2.24, 2.45) is 11.8 Å². The van der Waals surface area contributed by atoms with Gasteiger partial charge < -0.3 is 4.74 Å². The highest BCUT2D eigenvalue weighted by Gasteiger charge is 2.30.